The number of ether oxygens (including phenoxy) is 4. The molecule has 4 rings (SSSR count). The summed E-state index contributed by atoms with van der Waals surface area (Å²) in [6.45, 7) is 4.47. The molecular formula is C29H37N3O4. The zero-order valence-electron chi connectivity index (χ0n) is 21.6. The summed E-state index contributed by atoms with van der Waals surface area (Å²) in [5.74, 6) is 3.62. The quantitative estimate of drug-likeness (QED) is 0.439. The van der Waals surface area contributed by atoms with Crippen LogP contribution in [0.5, 0.6) is 28.9 Å². The molecule has 3 aromatic rings. The van der Waals surface area contributed by atoms with Gasteiger partial charge in [0.05, 0.1) is 13.7 Å². The number of para-hydroxylation sites is 3. The van der Waals surface area contributed by atoms with Crippen LogP contribution in [0.15, 0.2) is 60.8 Å². The second-order valence-electron chi connectivity index (χ2n) is 9.24. The molecule has 0 bridgehead atoms. The van der Waals surface area contributed by atoms with E-state index in [4.69, 9.17) is 18.9 Å². The standard InChI is InChI=1S/C29H37N3O4/c1-31(2)18-20-35-28-23(11-9-15-27(28)33-3)21-32-17-7-4-8-19-34-25-13-5-6-14-26(25)36-29-24(22-32)12-10-16-30-29/h5-6,9-16H,4,7-8,17-22H2,1-3H3. The van der Waals surface area contributed by atoms with Crippen molar-refractivity contribution in [1.82, 2.24) is 14.8 Å². The summed E-state index contributed by atoms with van der Waals surface area (Å²) in [5, 5.41) is 0. The predicted molar refractivity (Wildman–Crippen MR) is 141 cm³/mol. The van der Waals surface area contributed by atoms with Crippen molar-refractivity contribution in [2.45, 2.75) is 32.4 Å². The van der Waals surface area contributed by atoms with Crippen LogP contribution in [0.25, 0.3) is 0 Å². The summed E-state index contributed by atoms with van der Waals surface area (Å²) >= 11 is 0. The van der Waals surface area contributed by atoms with E-state index in [1.807, 2.05) is 56.6 Å². The molecule has 0 N–H and O–H groups in total. The highest BCUT2D eigenvalue weighted by Gasteiger charge is 2.18. The van der Waals surface area contributed by atoms with Gasteiger partial charge in [0.1, 0.15) is 6.61 Å². The van der Waals surface area contributed by atoms with E-state index in [1.54, 1.807) is 13.3 Å². The van der Waals surface area contributed by atoms with E-state index in [9.17, 15) is 0 Å². The van der Waals surface area contributed by atoms with Gasteiger partial charge in [-0.1, -0.05) is 30.3 Å². The molecule has 7 nitrogen and oxygen atoms in total. The van der Waals surface area contributed by atoms with Gasteiger partial charge in [0.15, 0.2) is 23.0 Å². The summed E-state index contributed by atoms with van der Waals surface area (Å²) in [6, 6.07) is 18.0. The molecule has 0 atom stereocenters. The number of methoxy groups -OCH3 is 1. The fraction of sp³-hybridized carbons (Fsp3) is 0.414. The summed E-state index contributed by atoms with van der Waals surface area (Å²) in [7, 11) is 5.78. The number of benzene rings is 2. The first-order valence-electron chi connectivity index (χ1n) is 12.6. The van der Waals surface area contributed by atoms with Crippen molar-refractivity contribution in [3.63, 3.8) is 0 Å². The van der Waals surface area contributed by atoms with Gasteiger partial charge in [-0.2, -0.15) is 0 Å². The summed E-state index contributed by atoms with van der Waals surface area (Å²) < 4.78 is 24.2. The van der Waals surface area contributed by atoms with Crippen LogP contribution in [0.1, 0.15) is 30.4 Å². The van der Waals surface area contributed by atoms with Gasteiger partial charge in [-0.25, -0.2) is 4.98 Å². The lowest BCUT2D eigenvalue weighted by molar-refractivity contribution is 0.225. The van der Waals surface area contributed by atoms with E-state index in [0.717, 1.165) is 67.3 Å². The lowest BCUT2D eigenvalue weighted by atomic mass is 10.1. The fourth-order valence-electron chi connectivity index (χ4n) is 4.23. The van der Waals surface area contributed by atoms with E-state index in [-0.39, 0.29) is 0 Å². The van der Waals surface area contributed by atoms with Gasteiger partial charge in [0.25, 0.3) is 0 Å². The average Bonchev–Trinajstić information content (AvgIpc) is 2.89. The smallest absolute Gasteiger partial charge is 0.223 e. The molecule has 2 heterocycles. The van der Waals surface area contributed by atoms with Crippen LogP contribution >= 0.6 is 0 Å². The third-order valence-electron chi connectivity index (χ3n) is 6.14. The molecule has 0 unspecified atom stereocenters. The lowest BCUT2D eigenvalue weighted by Crippen LogP contribution is -2.25. The molecule has 7 heteroatoms. The maximum Gasteiger partial charge on any atom is 0.223 e. The van der Waals surface area contributed by atoms with Crippen molar-refractivity contribution < 1.29 is 18.9 Å². The Bertz CT molecular complexity index is 1110. The minimum absolute atomic E-state index is 0.598. The number of pyridine rings is 1. The average molecular weight is 492 g/mol. The SMILES string of the molecule is COc1cccc(CN2CCCCCOc3ccccc3Oc3ncccc3C2)c1OCCN(C)C. The number of hydrogen-bond donors (Lipinski definition) is 0. The minimum atomic E-state index is 0.598. The van der Waals surface area contributed by atoms with Crippen LogP contribution in [0, 0.1) is 0 Å². The van der Waals surface area contributed by atoms with Crippen molar-refractivity contribution in [1.29, 1.82) is 0 Å². The first-order chi connectivity index (χ1) is 17.6. The van der Waals surface area contributed by atoms with Crippen molar-refractivity contribution in [3.05, 3.63) is 71.9 Å². The number of hydrogen-bond acceptors (Lipinski definition) is 7. The minimum Gasteiger partial charge on any atom is -0.493 e. The molecular weight excluding hydrogens is 454 g/mol. The largest absolute Gasteiger partial charge is 0.493 e. The molecule has 1 aliphatic heterocycles. The van der Waals surface area contributed by atoms with Crippen LogP contribution in [-0.2, 0) is 13.1 Å². The maximum absolute atomic E-state index is 6.28. The van der Waals surface area contributed by atoms with Gasteiger partial charge in [-0.05, 0) is 64.2 Å². The molecule has 0 saturated carbocycles. The highest BCUT2D eigenvalue weighted by atomic mass is 16.5. The first kappa shape index (κ1) is 25.8. The maximum atomic E-state index is 6.28. The number of likely N-dealkylation sites (N-methyl/N-ethyl adjacent to an activating group) is 1. The lowest BCUT2D eigenvalue weighted by Gasteiger charge is -2.25. The van der Waals surface area contributed by atoms with Gasteiger partial charge in [0, 0.05) is 37.0 Å². The Morgan fingerprint density at radius 1 is 0.972 bits per heavy atom. The first-order valence-corrected chi connectivity index (χ1v) is 12.6. The van der Waals surface area contributed by atoms with E-state index in [0.29, 0.717) is 31.4 Å². The Hall–Kier alpha value is -3.29. The van der Waals surface area contributed by atoms with Crippen LogP contribution in [0.4, 0.5) is 0 Å². The molecule has 0 spiro atoms. The molecule has 192 valence electrons. The van der Waals surface area contributed by atoms with Crippen LogP contribution in [0.2, 0.25) is 0 Å². The Morgan fingerprint density at radius 3 is 2.67 bits per heavy atom. The van der Waals surface area contributed by atoms with E-state index in [2.05, 4.69) is 26.9 Å². The molecule has 0 aliphatic carbocycles. The second-order valence-corrected chi connectivity index (χ2v) is 9.24. The number of aromatic nitrogens is 1. The third-order valence-corrected chi connectivity index (χ3v) is 6.14. The highest BCUT2D eigenvalue weighted by molar-refractivity contribution is 5.47. The van der Waals surface area contributed by atoms with E-state index in [1.165, 1.54) is 0 Å². The van der Waals surface area contributed by atoms with Gasteiger partial charge >= 0.3 is 0 Å². The normalized spacial score (nSPS) is 14.8. The predicted octanol–water partition coefficient (Wildman–Crippen LogP) is 5.39. The third kappa shape index (κ3) is 7.12. The Morgan fingerprint density at radius 2 is 1.83 bits per heavy atom. The van der Waals surface area contributed by atoms with E-state index >= 15 is 0 Å². The van der Waals surface area contributed by atoms with E-state index < -0.39 is 0 Å². The molecule has 2 aromatic carbocycles. The molecule has 0 radical (unpaired) electrons. The zero-order valence-corrected chi connectivity index (χ0v) is 21.6. The number of rotatable bonds is 7. The second kappa shape index (κ2) is 13.1. The summed E-state index contributed by atoms with van der Waals surface area (Å²) in [6.07, 6.45) is 4.92. The summed E-state index contributed by atoms with van der Waals surface area (Å²) in [5.41, 5.74) is 2.14. The zero-order chi connectivity index (χ0) is 25.2. The molecule has 1 aliphatic rings. The highest BCUT2D eigenvalue weighted by Crippen LogP contribution is 2.35. The molecule has 0 fully saturated rings. The fourth-order valence-corrected chi connectivity index (χ4v) is 4.23. The Labute approximate surface area is 214 Å². The van der Waals surface area contributed by atoms with Crippen LogP contribution < -0.4 is 18.9 Å². The van der Waals surface area contributed by atoms with Crippen molar-refractivity contribution in [2.75, 3.05) is 47.5 Å². The molecule has 0 saturated heterocycles. The Balaban J connectivity index is 1.60. The van der Waals surface area contributed by atoms with Gasteiger partial charge in [-0.15, -0.1) is 0 Å². The van der Waals surface area contributed by atoms with Gasteiger partial charge in [-0.3, -0.25) is 4.90 Å². The Kier molecular flexibility index (Phi) is 9.41. The van der Waals surface area contributed by atoms with Crippen LogP contribution in [-0.4, -0.2) is 62.3 Å². The van der Waals surface area contributed by atoms with Crippen molar-refractivity contribution in [2.24, 2.45) is 0 Å². The number of nitrogens with zero attached hydrogens (tertiary/aromatic N) is 3. The number of fused-ring (bicyclic) bond motifs is 2. The monoisotopic (exact) mass is 491 g/mol. The molecule has 36 heavy (non-hydrogen) atoms. The molecule has 0 amide bonds. The summed E-state index contributed by atoms with van der Waals surface area (Å²) in [4.78, 5) is 9.10. The topological polar surface area (TPSA) is 56.3 Å². The van der Waals surface area contributed by atoms with Crippen molar-refractivity contribution in [3.8, 4) is 28.9 Å². The van der Waals surface area contributed by atoms with Crippen LogP contribution in [0.3, 0.4) is 0 Å². The van der Waals surface area contributed by atoms with Gasteiger partial charge in [0.2, 0.25) is 5.88 Å². The van der Waals surface area contributed by atoms with Crippen molar-refractivity contribution >= 4 is 0 Å². The molecule has 1 aromatic heterocycles. The van der Waals surface area contributed by atoms with Gasteiger partial charge < -0.3 is 23.8 Å².